The van der Waals surface area contributed by atoms with Gasteiger partial charge in [-0.25, -0.2) is 31.0 Å². The number of aromatic nitrogens is 8. The molecule has 1 aliphatic carbocycles. The third-order valence-corrected chi connectivity index (χ3v) is 10.6. The molecular formula is C39H35ClF4N10O4S. The zero-order valence-electron chi connectivity index (χ0n) is 31.6. The molecule has 306 valence electrons. The fourth-order valence-electron chi connectivity index (χ4n) is 7.12. The van der Waals surface area contributed by atoms with Gasteiger partial charge in [0.25, 0.3) is 11.5 Å². The van der Waals surface area contributed by atoms with E-state index in [4.69, 9.17) is 16.6 Å². The van der Waals surface area contributed by atoms with E-state index < -0.39 is 51.6 Å². The summed E-state index contributed by atoms with van der Waals surface area (Å²) < 4.78 is 89.1. The summed E-state index contributed by atoms with van der Waals surface area (Å²) in [6.07, 6.45) is 5.75. The summed E-state index contributed by atoms with van der Waals surface area (Å²) in [6.45, 7) is -0.130. The standard InChI is InChI=1S/C39H35ClF4N10O4S/c1-39(43,44)20-53-13-11-29(48-53)23-6-7-26-30(17-23)46-37(54(38(26)56)32-9-8-27(40)34-35(32)51(2)49-36(34)50-59(3,57)58)31(16-21-14-24(41)18-25(42)15-21)45-33(55)19-52-12-10-28(47-52)22-4-5-22/h6-15,17-18,22,31H,4-5,16,19-20H2,1-3H3,(H,45,55)(H,49,50)/t31-/m0/s1. The van der Waals surface area contributed by atoms with E-state index in [0.717, 1.165) is 48.5 Å². The molecule has 14 nitrogen and oxygen atoms in total. The van der Waals surface area contributed by atoms with Crippen molar-refractivity contribution < 1.29 is 30.8 Å². The highest BCUT2D eigenvalue weighted by atomic mass is 35.5. The second-order valence-corrected chi connectivity index (χ2v) is 16.9. The maximum atomic E-state index is 14.9. The molecule has 1 amide bonds. The third-order valence-electron chi connectivity index (χ3n) is 9.68. The largest absolute Gasteiger partial charge is 0.344 e. The molecule has 1 aliphatic rings. The molecule has 0 aliphatic heterocycles. The highest BCUT2D eigenvalue weighted by molar-refractivity contribution is 7.92. The summed E-state index contributed by atoms with van der Waals surface area (Å²) in [7, 11) is -2.33. The number of fused-ring (bicyclic) bond motifs is 2. The molecule has 0 saturated heterocycles. The van der Waals surface area contributed by atoms with E-state index in [1.54, 1.807) is 18.3 Å². The second kappa shape index (κ2) is 14.9. The van der Waals surface area contributed by atoms with Gasteiger partial charge in [-0.15, -0.1) is 0 Å². The molecule has 0 spiro atoms. The summed E-state index contributed by atoms with van der Waals surface area (Å²) in [5, 5.41) is 16.4. The molecule has 1 fully saturated rings. The van der Waals surface area contributed by atoms with Crippen molar-refractivity contribution in [3.05, 3.63) is 117 Å². The average molecular weight is 851 g/mol. The minimum Gasteiger partial charge on any atom is -0.344 e. The number of anilines is 1. The lowest BCUT2D eigenvalue weighted by molar-refractivity contribution is -0.122. The summed E-state index contributed by atoms with van der Waals surface area (Å²) >= 11 is 6.64. The molecule has 7 aromatic rings. The molecule has 20 heteroatoms. The first-order valence-electron chi connectivity index (χ1n) is 18.3. The smallest absolute Gasteiger partial charge is 0.266 e. The summed E-state index contributed by atoms with van der Waals surface area (Å²) in [6, 6.07) is 12.6. The van der Waals surface area contributed by atoms with Crippen molar-refractivity contribution in [3.63, 3.8) is 0 Å². The molecule has 0 bridgehead atoms. The predicted molar refractivity (Wildman–Crippen MR) is 212 cm³/mol. The molecule has 1 atom stereocenters. The van der Waals surface area contributed by atoms with Gasteiger partial charge in [-0.05, 0) is 66.9 Å². The van der Waals surface area contributed by atoms with Gasteiger partial charge in [0, 0.05) is 50.3 Å². The zero-order chi connectivity index (χ0) is 42.0. The Morgan fingerprint density at radius 1 is 0.983 bits per heavy atom. The van der Waals surface area contributed by atoms with Crippen molar-refractivity contribution >= 4 is 55.2 Å². The number of nitrogens with one attached hydrogen (secondary N) is 2. The van der Waals surface area contributed by atoms with E-state index in [-0.39, 0.29) is 62.7 Å². The fraction of sp³-hybridized carbons (Fsp3) is 0.282. The van der Waals surface area contributed by atoms with Crippen LogP contribution in [0.1, 0.15) is 48.8 Å². The molecule has 4 heterocycles. The highest BCUT2D eigenvalue weighted by Gasteiger charge is 2.29. The lowest BCUT2D eigenvalue weighted by atomic mass is 10.0. The van der Waals surface area contributed by atoms with Gasteiger partial charge in [0.1, 0.15) is 30.5 Å². The first-order chi connectivity index (χ1) is 27.9. The predicted octanol–water partition coefficient (Wildman–Crippen LogP) is 6.27. The topological polar surface area (TPSA) is 164 Å². The fourth-order valence-corrected chi connectivity index (χ4v) is 7.86. The number of sulfonamides is 1. The van der Waals surface area contributed by atoms with Crippen molar-refractivity contribution in [2.45, 2.75) is 57.2 Å². The Bertz CT molecular complexity index is 2950. The third kappa shape index (κ3) is 8.56. The van der Waals surface area contributed by atoms with Crippen LogP contribution in [0.15, 0.2) is 77.9 Å². The van der Waals surface area contributed by atoms with E-state index in [0.29, 0.717) is 23.2 Å². The molecule has 8 rings (SSSR count). The van der Waals surface area contributed by atoms with Crippen molar-refractivity contribution in [2.24, 2.45) is 7.05 Å². The van der Waals surface area contributed by atoms with Gasteiger partial charge in [-0.1, -0.05) is 17.7 Å². The second-order valence-electron chi connectivity index (χ2n) is 14.8. The van der Waals surface area contributed by atoms with Crippen LogP contribution in [0, 0.1) is 11.6 Å². The molecule has 3 aromatic carbocycles. The number of halogens is 5. The van der Waals surface area contributed by atoms with E-state index in [2.05, 4.69) is 25.3 Å². The molecule has 2 N–H and O–H groups in total. The van der Waals surface area contributed by atoms with Crippen LogP contribution in [0.3, 0.4) is 0 Å². The van der Waals surface area contributed by atoms with Crippen molar-refractivity contribution in [1.29, 1.82) is 0 Å². The number of alkyl halides is 2. The monoisotopic (exact) mass is 850 g/mol. The number of carbonyl (C=O) groups is 1. The van der Waals surface area contributed by atoms with Gasteiger partial charge in [0.05, 0.1) is 56.2 Å². The van der Waals surface area contributed by atoms with Gasteiger partial charge < -0.3 is 5.32 Å². The number of amides is 1. The van der Waals surface area contributed by atoms with Crippen LogP contribution < -0.4 is 15.6 Å². The first kappa shape index (κ1) is 39.7. The Hall–Kier alpha value is -6.08. The Kier molecular flexibility index (Phi) is 10.1. The summed E-state index contributed by atoms with van der Waals surface area (Å²) in [4.78, 5) is 33.8. The number of rotatable bonds is 13. The van der Waals surface area contributed by atoms with E-state index in [1.165, 1.54) is 51.4 Å². The SMILES string of the molecule is Cn1nc(NS(C)(=O)=O)c2c(Cl)ccc(-n3c([C@H](Cc4cc(F)cc(F)c4)NC(=O)Cn4ccc(C5CC5)n4)nc4cc(-c5ccn(CC(C)(F)F)n5)ccc4c3=O)c21. The van der Waals surface area contributed by atoms with Crippen molar-refractivity contribution in [2.75, 3.05) is 11.0 Å². The van der Waals surface area contributed by atoms with E-state index in [9.17, 15) is 35.6 Å². The number of benzene rings is 3. The zero-order valence-corrected chi connectivity index (χ0v) is 33.2. The number of hydrogen-bond donors (Lipinski definition) is 2. The first-order valence-corrected chi connectivity index (χ1v) is 20.6. The highest BCUT2D eigenvalue weighted by Crippen LogP contribution is 2.39. The van der Waals surface area contributed by atoms with Crippen LogP contribution in [-0.4, -0.2) is 65.4 Å². The van der Waals surface area contributed by atoms with Gasteiger partial charge in [0.15, 0.2) is 5.82 Å². The van der Waals surface area contributed by atoms with E-state index in [1.807, 2.05) is 6.07 Å². The van der Waals surface area contributed by atoms with Crippen LogP contribution in [-0.2, 0) is 41.4 Å². The Morgan fingerprint density at radius 2 is 1.71 bits per heavy atom. The average Bonchev–Trinajstić information content (AvgIpc) is 3.55. The summed E-state index contributed by atoms with van der Waals surface area (Å²) in [5.74, 6) is -5.21. The molecule has 59 heavy (non-hydrogen) atoms. The van der Waals surface area contributed by atoms with Crippen LogP contribution in [0.2, 0.25) is 5.02 Å². The maximum Gasteiger partial charge on any atom is 0.266 e. The van der Waals surface area contributed by atoms with Crippen molar-refractivity contribution in [3.8, 4) is 16.9 Å². The van der Waals surface area contributed by atoms with Gasteiger partial charge >= 0.3 is 0 Å². The van der Waals surface area contributed by atoms with Crippen LogP contribution in [0.25, 0.3) is 38.8 Å². The molecule has 0 unspecified atom stereocenters. The minimum absolute atomic E-state index is 0.0859. The normalized spacial score (nSPS) is 14.0. The van der Waals surface area contributed by atoms with Crippen molar-refractivity contribution in [1.82, 2.24) is 44.2 Å². The van der Waals surface area contributed by atoms with Gasteiger partial charge in [-0.3, -0.25) is 32.9 Å². The Labute approximate surface area is 338 Å². The molecule has 1 saturated carbocycles. The molecule has 4 aromatic heterocycles. The van der Waals surface area contributed by atoms with E-state index >= 15 is 0 Å². The maximum absolute atomic E-state index is 14.9. The number of aryl methyl sites for hydroxylation is 1. The van der Waals surface area contributed by atoms with Crippen LogP contribution in [0.4, 0.5) is 23.4 Å². The quantitative estimate of drug-likeness (QED) is 0.128. The minimum atomic E-state index is -3.85. The number of carbonyl (C=O) groups excluding carboxylic acids is 1. The summed E-state index contributed by atoms with van der Waals surface area (Å²) in [5.41, 5.74) is 1.52. The van der Waals surface area contributed by atoms with Crippen LogP contribution >= 0.6 is 11.6 Å². The van der Waals surface area contributed by atoms with Gasteiger partial charge in [-0.2, -0.15) is 15.3 Å². The number of nitrogens with zero attached hydrogens (tertiary/aromatic N) is 8. The Balaban J connectivity index is 1.34. The van der Waals surface area contributed by atoms with Crippen LogP contribution in [0.5, 0.6) is 0 Å². The lowest BCUT2D eigenvalue weighted by Crippen LogP contribution is -2.37. The molecule has 0 radical (unpaired) electrons. The Morgan fingerprint density at radius 3 is 2.41 bits per heavy atom. The lowest BCUT2D eigenvalue weighted by Gasteiger charge is -2.24. The molecular weight excluding hydrogens is 816 g/mol. The van der Waals surface area contributed by atoms with Gasteiger partial charge in [0.2, 0.25) is 15.9 Å². The number of hydrogen-bond acceptors (Lipinski definition) is 8.